The predicted molar refractivity (Wildman–Crippen MR) is 103 cm³/mol. The molecule has 1 aliphatic rings. The van der Waals surface area contributed by atoms with Crippen LogP contribution in [0.5, 0.6) is 0 Å². The van der Waals surface area contributed by atoms with E-state index < -0.39 is 11.6 Å². The molecule has 1 saturated carbocycles. The summed E-state index contributed by atoms with van der Waals surface area (Å²) in [5.41, 5.74) is -1.73. The molecule has 26 heavy (non-hydrogen) atoms. The normalized spacial score (nSPS) is 21.1. The average Bonchev–Trinajstić information content (AvgIpc) is 3.36. The summed E-state index contributed by atoms with van der Waals surface area (Å²) in [4.78, 5) is 16.3. The summed E-state index contributed by atoms with van der Waals surface area (Å²) in [5, 5.41) is 24.0. The van der Waals surface area contributed by atoms with Crippen molar-refractivity contribution in [3.05, 3.63) is 44.8 Å². The third-order valence-corrected chi connectivity index (χ3v) is 7.00. The summed E-state index contributed by atoms with van der Waals surface area (Å²) in [5.74, 6) is -0.588. The van der Waals surface area contributed by atoms with E-state index in [2.05, 4.69) is 4.90 Å². The van der Waals surface area contributed by atoms with Gasteiger partial charge in [0.1, 0.15) is 6.10 Å². The minimum Gasteiger partial charge on any atom is -0.460 e. The zero-order chi connectivity index (χ0) is 18.6. The first kappa shape index (κ1) is 19.5. The van der Waals surface area contributed by atoms with Crippen LogP contribution in [-0.4, -0.2) is 53.4 Å². The van der Waals surface area contributed by atoms with E-state index in [9.17, 15) is 9.90 Å². The van der Waals surface area contributed by atoms with E-state index in [4.69, 9.17) is 9.84 Å². The first-order valence-electron chi connectivity index (χ1n) is 8.88. The van der Waals surface area contributed by atoms with Crippen LogP contribution >= 0.6 is 22.7 Å². The van der Waals surface area contributed by atoms with Crippen LogP contribution in [0, 0.1) is 0 Å². The van der Waals surface area contributed by atoms with Gasteiger partial charge < -0.3 is 19.8 Å². The maximum Gasteiger partial charge on any atom is 0.349 e. The Hall–Kier alpha value is -1.25. The third kappa shape index (κ3) is 4.02. The molecule has 0 aliphatic heterocycles. The van der Waals surface area contributed by atoms with Crippen LogP contribution in [0.4, 0.5) is 0 Å². The Kier molecular flexibility index (Phi) is 6.47. The zero-order valence-corrected chi connectivity index (χ0v) is 16.5. The van der Waals surface area contributed by atoms with Gasteiger partial charge in [0.05, 0.1) is 16.4 Å². The highest BCUT2D eigenvalue weighted by Gasteiger charge is 2.45. The van der Waals surface area contributed by atoms with Crippen molar-refractivity contribution in [1.82, 2.24) is 4.90 Å². The Morgan fingerprint density at radius 3 is 2.23 bits per heavy atom. The van der Waals surface area contributed by atoms with Crippen molar-refractivity contribution < 1.29 is 19.7 Å². The molecule has 3 rings (SSSR count). The van der Waals surface area contributed by atoms with Crippen LogP contribution in [-0.2, 0) is 15.1 Å². The summed E-state index contributed by atoms with van der Waals surface area (Å²) in [6, 6.07) is 7.60. The molecule has 0 radical (unpaired) electrons. The number of carbonyl (C=O) groups excluding carboxylic acids is 1. The van der Waals surface area contributed by atoms with Crippen LogP contribution in [0.2, 0.25) is 0 Å². The van der Waals surface area contributed by atoms with E-state index in [0.29, 0.717) is 22.3 Å². The molecule has 142 valence electrons. The van der Waals surface area contributed by atoms with Gasteiger partial charge >= 0.3 is 5.97 Å². The molecule has 0 aromatic carbocycles. The largest absolute Gasteiger partial charge is 0.460 e. The van der Waals surface area contributed by atoms with Crippen molar-refractivity contribution in [2.45, 2.75) is 43.4 Å². The second-order valence-electron chi connectivity index (χ2n) is 6.71. The highest BCUT2D eigenvalue weighted by atomic mass is 32.1. The molecule has 2 heterocycles. The van der Waals surface area contributed by atoms with Gasteiger partial charge in [-0.3, -0.25) is 0 Å². The minimum absolute atomic E-state index is 0.153. The molecule has 0 atom stereocenters. The summed E-state index contributed by atoms with van der Waals surface area (Å²) < 4.78 is 5.75. The maximum absolute atomic E-state index is 12.9. The van der Waals surface area contributed by atoms with Gasteiger partial charge in [-0.1, -0.05) is 12.1 Å². The van der Waals surface area contributed by atoms with E-state index in [1.807, 2.05) is 29.9 Å². The van der Waals surface area contributed by atoms with Crippen molar-refractivity contribution in [2.24, 2.45) is 0 Å². The second-order valence-corrected chi connectivity index (χ2v) is 8.60. The molecule has 0 unspecified atom stereocenters. The number of likely N-dealkylation sites (N-methyl/N-ethyl adjacent to an activating group) is 1. The van der Waals surface area contributed by atoms with Crippen LogP contribution in [0.25, 0.3) is 0 Å². The number of nitrogens with zero attached hydrogens (tertiary/aromatic N) is 1. The number of rotatable bonds is 7. The van der Waals surface area contributed by atoms with E-state index in [0.717, 1.165) is 25.7 Å². The summed E-state index contributed by atoms with van der Waals surface area (Å²) >= 11 is 2.71. The van der Waals surface area contributed by atoms with E-state index in [1.54, 1.807) is 12.1 Å². The smallest absolute Gasteiger partial charge is 0.349 e. The Morgan fingerprint density at radius 2 is 1.77 bits per heavy atom. The number of hydrogen-bond donors (Lipinski definition) is 2. The van der Waals surface area contributed by atoms with Gasteiger partial charge in [-0.05, 0) is 55.6 Å². The van der Waals surface area contributed by atoms with Gasteiger partial charge in [-0.25, -0.2) is 4.79 Å². The monoisotopic (exact) mass is 395 g/mol. The first-order chi connectivity index (χ1) is 12.6. The minimum atomic E-state index is -1.73. The lowest BCUT2D eigenvalue weighted by Crippen LogP contribution is -2.42. The van der Waals surface area contributed by atoms with E-state index >= 15 is 0 Å². The topological polar surface area (TPSA) is 70.0 Å². The highest BCUT2D eigenvalue weighted by Crippen LogP contribution is 2.38. The molecule has 2 aromatic heterocycles. The van der Waals surface area contributed by atoms with E-state index in [1.165, 1.54) is 22.7 Å². The fraction of sp³-hybridized carbons (Fsp3) is 0.526. The molecule has 1 fully saturated rings. The van der Waals surface area contributed by atoms with Gasteiger partial charge in [0.25, 0.3) is 0 Å². The molecule has 0 saturated heterocycles. The number of aliphatic hydroxyl groups excluding tert-OH is 1. The summed E-state index contributed by atoms with van der Waals surface area (Å²) in [7, 11) is 2.01. The van der Waals surface area contributed by atoms with Gasteiger partial charge in [0.2, 0.25) is 5.60 Å². The summed E-state index contributed by atoms with van der Waals surface area (Å²) in [6.45, 7) is 0.811. The van der Waals surface area contributed by atoms with Crippen molar-refractivity contribution in [2.75, 3.05) is 20.2 Å². The quantitative estimate of drug-likeness (QED) is 0.706. The number of ether oxygens (including phenoxy) is 1. The van der Waals surface area contributed by atoms with Gasteiger partial charge in [0, 0.05) is 12.6 Å². The fourth-order valence-electron chi connectivity index (χ4n) is 3.47. The summed E-state index contributed by atoms with van der Waals surface area (Å²) in [6.07, 6.45) is 3.22. The number of carbonyl (C=O) groups is 1. The van der Waals surface area contributed by atoms with Crippen molar-refractivity contribution in [3.8, 4) is 0 Å². The lowest BCUT2D eigenvalue weighted by Gasteiger charge is -2.35. The second kappa shape index (κ2) is 8.63. The third-order valence-electron chi connectivity index (χ3n) is 5.04. The van der Waals surface area contributed by atoms with Crippen molar-refractivity contribution in [3.63, 3.8) is 0 Å². The number of aliphatic hydroxyl groups is 2. The van der Waals surface area contributed by atoms with Crippen LogP contribution in [0.3, 0.4) is 0 Å². The Labute approximate surface area is 161 Å². The molecule has 2 aromatic rings. The zero-order valence-electron chi connectivity index (χ0n) is 14.8. The number of esters is 1. The standard InChI is InChI=1S/C19H25NO4S2/c1-20(10-11-21)14-6-8-15(9-7-14)24-18(22)19(23,16-4-2-12-25-16)17-5-3-13-26-17/h2-5,12-15,21,23H,6-11H2,1H3/t14-,15-. The van der Waals surface area contributed by atoms with Gasteiger partial charge in [-0.15, -0.1) is 22.7 Å². The number of hydrogen-bond acceptors (Lipinski definition) is 7. The van der Waals surface area contributed by atoms with Gasteiger partial charge in [0.15, 0.2) is 0 Å². The Bertz CT molecular complexity index is 644. The molecule has 1 aliphatic carbocycles. The first-order valence-corrected chi connectivity index (χ1v) is 10.6. The molecular weight excluding hydrogens is 370 g/mol. The van der Waals surface area contributed by atoms with Crippen molar-refractivity contribution in [1.29, 1.82) is 0 Å². The molecular formula is C19H25NO4S2. The SMILES string of the molecule is CN(CCO)[C@H]1CC[C@H](OC(=O)C(O)(c2cccs2)c2cccs2)CC1. The number of thiophene rings is 2. The molecule has 5 nitrogen and oxygen atoms in total. The average molecular weight is 396 g/mol. The van der Waals surface area contributed by atoms with Gasteiger partial charge in [-0.2, -0.15) is 0 Å². The Morgan fingerprint density at radius 1 is 1.19 bits per heavy atom. The molecule has 0 bridgehead atoms. The van der Waals surface area contributed by atoms with E-state index in [-0.39, 0.29) is 12.7 Å². The molecule has 0 spiro atoms. The lowest BCUT2D eigenvalue weighted by atomic mass is 9.91. The molecule has 0 amide bonds. The van der Waals surface area contributed by atoms with Crippen LogP contribution < -0.4 is 0 Å². The molecule has 7 heteroatoms. The highest BCUT2D eigenvalue weighted by molar-refractivity contribution is 7.12. The molecule has 2 N–H and O–H groups in total. The lowest BCUT2D eigenvalue weighted by molar-refractivity contribution is -0.169. The van der Waals surface area contributed by atoms with Crippen molar-refractivity contribution >= 4 is 28.6 Å². The van der Waals surface area contributed by atoms with Crippen LogP contribution in [0.15, 0.2) is 35.0 Å². The predicted octanol–water partition coefficient (Wildman–Crippen LogP) is 2.82. The Balaban J connectivity index is 1.67. The fourth-order valence-corrected chi connectivity index (χ4v) is 5.19. The van der Waals surface area contributed by atoms with Crippen LogP contribution in [0.1, 0.15) is 35.4 Å². The maximum atomic E-state index is 12.9.